The summed E-state index contributed by atoms with van der Waals surface area (Å²) in [6.07, 6.45) is 1.78. The van der Waals surface area contributed by atoms with E-state index in [0.717, 1.165) is 11.1 Å². The predicted octanol–water partition coefficient (Wildman–Crippen LogP) is 5.43. The van der Waals surface area contributed by atoms with Crippen LogP contribution in [-0.4, -0.2) is 10.8 Å². The Morgan fingerprint density at radius 1 is 0.963 bits per heavy atom. The molecular formula is C21H15ClN2O3. The van der Waals surface area contributed by atoms with Crippen molar-refractivity contribution in [3.63, 3.8) is 0 Å². The van der Waals surface area contributed by atoms with Crippen molar-refractivity contribution >= 4 is 40.5 Å². The van der Waals surface area contributed by atoms with E-state index in [0.29, 0.717) is 11.3 Å². The fourth-order valence-corrected chi connectivity index (χ4v) is 2.74. The number of non-ortho nitro benzene ring substituents is 1. The fraction of sp³-hybridized carbons (Fsp3) is 0. The summed E-state index contributed by atoms with van der Waals surface area (Å²) in [4.78, 5) is 23.2. The third-order valence-electron chi connectivity index (χ3n) is 3.85. The number of nitrogens with zero attached hydrogens (tertiary/aromatic N) is 1. The third kappa shape index (κ3) is 4.59. The maximum absolute atomic E-state index is 12.9. The van der Waals surface area contributed by atoms with E-state index in [4.69, 9.17) is 11.6 Å². The first-order valence-electron chi connectivity index (χ1n) is 8.12. The highest BCUT2D eigenvalue weighted by atomic mass is 35.5. The van der Waals surface area contributed by atoms with Gasteiger partial charge in [-0.05, 0) is 23.3 Å². The van der Waals surface area contributed by atoms with Crippen LogP contribution in [0.3, 0.4) is 0 Å². The average Bonchev–Trinajstić information content (AvgIpc) is 2.69. The Labute approximate surface area is 161 Å². The Balaban J connectivity index is 1.95. The van der Waals surface area contributed by atoms with Crippen LogP contribution in [0.5, 0.6) is 0 Å². The highest BCUT2D eigenvalue weighted by Gasteiger charge is 2.16. The zero-order chi connectivity index (χ0) is 19.2. The van der Waals surface area contributed by atoms with Crippen LogP contribution in [0.15, 0.2) is 78.9 Å². The normalized spacial score (nSPS) is 11.1. The molecule has 3 rings (SSSR count). The van der Waals surface area contributed by atoms with E-state index in [-0.39, 0.29) is 16.6 Å². The van der Waals surface area contributed by atoms with Crippen molar-refractivity contribution in [1.82, 2.24) is 0 Å². The molecule has 6 heteroatoms. The van der Waals surface area contributed by atoms with Crippen molar-refractivity contribution in [2.45, 2.75) is 0 Å². The number of nitro benzene ring substituents is 1. The molecule has 5 nitrogen and oxygen atoms in total. The van der Waals surface area contributed by atoms with E-state index in [1.165, 1.54) is 18.2 Å². The summed E-state index contributed by atoms with van der Waals surface area (Å²) < 4.78 is 0. The number of rotatable bonds is 5. The molecule has 0 atom stereocenters. The summed E-state index contributed by atoms with van der Waals surface area (Å²) >= 11 is 6.09. The molecular weight excluding hydrogens is 364 g/mol. The van der Waals surface area contributed by atoms with Crippen molar-refractivity contribution in [2.75, 3.05) is 5.32 Å². The third-order valence-corrected chi connectivity index (χ3v) is 4.16. The summed E-state index contributed by atoms with van der Waals surface area (Å²) in [5.74, 6) is -0.360. The molecule has 0 spiro atoms. The molecule has 0 saturated heterocycles. The van der Waals surface area contributed by atoms with Crippen molar-refractivity contribution in [3.05, 3.63) is 105 Å². The number of amides is 1. The van der Waals surface area contributed by atoms with Gasteiger partial charge in [-0.15, -0.1) is 0 Å². The molecule has 3 aromatic rings. The monoisotopic (exact) mass is 378 g/mol. The molecule has 0 unspecified atom stereocenters. The van der Waals surface area contributed by atoms with Gasteiger partial charge in [-0.1, -0.05) is 72.3 Å². The van der Waals surface area contributed by atoms with Crippen LogP contribution < -0.4 is 5.32 Å². The maximum atomic E-state index is 12.9. The highest BCUT2D eigenvalue weighted by Crippen LogP contribution is 2.28. The van der Waals surface area contributed by atoms with E-state index in [9.17, 15) is 14.9 Å². The SMILES string of the molecule is O=C(Nc1ccc([N+](=O)[O-])cc1Cl)C(=Cc1ccccc1)c1ccccc1. The molecule has 0 aliphatic carbocycles. The molecule has 134 valence electrons. The maximum Gasteiger partial charge on any atom is 0.271 e. The van der Waals surface area contributed by atoms with Gasteiger partial charge in [0.25, 0.3) is 11.6 Å². The van der Waals surface area contributed by atoms with Crippen LogP contribution in [-0.2, 0) is 4.79 Å². The quantitative estimate of drug-likeness (QED) is 0.278. The van der Waals surface area contributed by atoms with Crippen LogP contribution in [0.2, 0.25) is 5.02 Å². The Bertz CT molecular complexity index is 1000. The Kier molecular flexibility index (Phi) is 5.64. The summed E-state index contributed by atoms with van der Waals surface area (Å²) in [6.45, 7) is 0. The number of benzene rings is 3. The number of anilines is 1. The largest absolute Gasteiger partial charge is 0.321 e. The minimum atomic E-state index is -0.539. The number of nitrogens with one attached hydrogen (secondary N) is 1. The van der Waals surface area contributed by atoms with Crippen LogP contribution >= 0.6 is 11.6 Å². The van der Waals surface area contributed by atoms with Crippen molar-refractivity contribution < 1.29 is 9.72 Å². The van der Waals surface area contributed by atoms with Gasteiger partial charge in [-0.3, -0.25) is 14.9 Å². The van der Waals surface area contributed by atoms with Gasteiger partial charge in [0.2, 0.25) is 0 Å². The van der Waals surface area contributed by atoms with Gasteiger partial charge in [0.05, 0.1) is 15.6 Å². The molecule has 3 aromatic carbocycles. The molecule has 0 saturated carbocycles. The van der Waals surface area contributed by atoms with Gasteiger partial charge in [0.1, 0.15) is 0 Å². The van der Waals surface area contributed by atoms with Crippen molar-refractivity contribution in [1.29, 1.82) is 0 Å². The minimum absolute atomic E-state index is 0.102. The first kappa shape index (κ1) is 18.4. The zero-order valence-corrected chi connectivity index (χ0v) is 14.9. The van der Waals surface area contributed by atoms with Crippen LogP contribution in [0.4, 0.5) is 11.4 Å². The molecule has 27 heavy (non-hydrogen) atoms. The fourth-order valence-electron chi connectivity index (χ4n) is 2.52. The summed E-state index contributed by atoms with van der Waals surface area (Å²) in [7, 11) is 0. The molecule has 0 aliphatic heterocycles. The number of hydrogen-bond donors (Lipinski definition) is 1. The number of carbonyl (C=O) groups is 1. The lowest BCUT2D eigenvalue weighted by Gasteiger charge is -2.11. The lowest BCUT2D eigenvalue weighted by molar-refractivity contribution is -0.384. The van der Waals surface area contributed by atoms with Gasteiger partial charge >= 0.3 is 0 Å². The molecule has 0 heterocycles. The van der Waals surface area contributed by atoms with Crippen molar-refractivity contribution in [3.8, 4) is 0 Å². The zero-order valence-electron chi connectivity index (χ0n) is 14.1. The standard InChI is InChI=1S/C21H15ClN2O3/c22-19-14-17(24(26)27)11-12-20(19)23-21(25)18(16-9-5-2-6-10-16)13-15-7-3-1-4-8-15/h1-14H,(H,23,25). The minimum Gasteiger partial charge on any atom is -0.321 e. The van der Waals surface area contributed by atoms with E-state index in [1.54, 1.807) is 6.08 Å². The van der Waals surface area contributed by atoms with Gasteiger partial charge in [0.15, 0.2) is 0 Å². The van der Waals surface area contributed by atoms with E-state index in [1.807, 2.05) is 60.7 Å². The lowest BCUT2D eigenvalue weighted by Crippen LogP contribution is -2.14. The molecule has 0 aliphatic rings. The number of nitro groups is 1. The molecule has 0 fully saturated rings. The predicted molar refractivity (Wildman–Crippen MR) is 107 cm³/mol. The average molecular weight is 379 g/mol. The summed E-state index contributed by atoms with van der Waals surface area (Å²) in [5, 5.41) is 13.7. The highest BCUT2D eigenvalue weighted by molar-refractivity contribution is 6.36. The first-order chi connectivity index (χ1) is 13.0. The van der Waals surface area contributed by atoms with E-state index < -0.39 is 4.92 Å². The summed E-state index contributed by atoms with van der Waals surface area (Å²) in [6, 6.07) is 22.6. The van der Waals surface area contributed by atoms with Gasteiger partial charge in [-0.25, -0.2) is 0 Å². The Morgan fingerprint density at radius 2 is 1.59 bits per heavy atom. The van der Waals surface area contributed by atoms with Crippen LogP contribution in [0, 0.1) is 10.1 Å². The second kappa shape index (κ2) is 8.29. The molecule has 1 amide bonds. The second-order valence-electron chi connectivity index (χ2n) is 5.71. The molecule has 0 bridgehead atoms. The number of hydrogen-bond acceptors (Lipinski definition) is 3. The molecule has 0 radical (unpaired) electrons. The lowest BCUT2D eigenvalue weighted by atomic mass is 10.0. The van der Waals surface area contributed by atoms with Gasteiger partial charge < -0.3 is 5.32 Å². The van der Waals surface area contributed by atoms with Gasteiger partial charge in [-0.2, -0.15) is 0 Å². The Hall–Kier alpha value is -3.44. The number of halogens is 1. The molecule has 0 aromatic heterocycles. The first-order valence-corrected chi connectivity index (χ1v) is 8.50. The van der Waals surface area contributed by atoms with Crippen LogP contribution in [0.25, 0.3) is 11.6 Å². The number of carbonyl (C=O) groups excluding carboxylic acids is 1. The smallest absolute Gasteiger partial charge is 0.271 e. The topological polar surface area (TPSA) is 72.2 Å². The van der Waals surface area contributed by atoms with Crippen molar-refractivity contribution in [2.24, 2.45) is 0 Å². The van der Waals surface area contributed by atoms with Gasteiger partial charge in [0, 0.05) is 17.7 Å². The summed E-state index contributed by atoms with van der Waals surface area (Å²) in [5.41, 5.74) is 2.25. The molecule has 1 N–H and O–H groups in total. The van der Waals surface area contributed by atoms with E-state index >= 15 is 0 Å². The Morgan fingerprint density at radius 3 is 2.19 bits per heavy atom. The van der Waals surface area contributed by atoms with Crippen LogP contribution in [0.1, 0.15) is 11.1 Å². The second-order valence-corrected chi connectivity index (χ2v) is 6.12. The van der Waals surface area contributed by atoms with E-state index in [2.05, 4.69) is 5.32 Å².